The van der Waals surface area contributed by atoms with Crippen molar-refractivity contribution in [3.8, 4) is 0 Å². The van der Waals surface area contributed by atoms with Gasteiger partial charge in [-0.3, -0.25) is 9.36 Å². The summed E-state index contributed by atoms with van der Waals surface area (Å²) < 4.78 is 39.4. The van der Waals surface area contributed by atoms with Crippen LogP contribution in [0, 0.1) is 6.92 Å². The highest BCUT2D eigenvalue weighted by atomic mass is 19.4. The van der Waals surface area contributed by atoms with Crippen molar-refractivity contribution < 1.29 is 13.2 Å². The minimum atomic E-state index is -4.22. The van der Waals surface area contributed by atoms with Crippen molar-refractivity contribution in [2.45, 2.75) is 45.3 Å². The monoisotopic (exact) mass is 417 g/mol. The van der Waals surface area contributed by atoms with Gasteiger partial charge in [-0.05, 0) is 43.5 Å². The molecular formula is C23H26F3N3O. The first-order valence-electron chi connectivity index (χ1n) is 10.0. The van der Waals surface area contributed by atoms with Crippen LogP contribution in [-0.2, 0) is 6.42 Å². The lowest BCUT2D eigenvalue weighted by Gasteiger charge is -2.23. The summed E-state index contributed by atoms with van der Waals surface area (Å²) >= 11 is 0. The number of nitrogens with zero attached hydrogens (tertiary/aromatic N) is 3. The SMILES string of the molecule is CC[C@H](Cc1ccccc1)n1c(C)nc2ccc(N(C)CCC(F)(F)F)cc2c1=O. The quantitative estimate of drug-likeness (QED) is 0.524. The first-order valence-corrected chi connectivity index (χ1v) is 10.0. The molecule has 0 aliphatic heterocycles. The van der Waals surface area contributed by atoms with E-state index in [1.165, 1.54) is 4.90 Å². The fourth-order valence-corrected chi connectivity index (χ4v) is 3.69. The number of aryl methyl sites for hydroxylation is 1. The van der Waals surface area contributed by atoms with Gasteiger partial charge in [0, 0.05) is 25.3 Å². The van der Waals surface area contributed by atoms with Gasteiger partial charge in [0.2, 0.25) is 0 Å². The summed E-state index contributed by atoms with van der Waals surface area (Å²) in [4.78, 5) is 19.5. The lowest BCUT2D eigenvalue weighted by molar-refractivity contribution is -0.132. The Hall–Kier alpha value is -2.83. The fourth-order valence-electron chi connectivity index (χ4n) is 3.69. The van der Waals surface area contributed by atoms with Crippen LogP contribution in [0.1, 0.15) is 37.2 Å². The Morgan fingerprint density at radius 3 is 2.47 bits per heavy atom. The third-order valence-corrected chi connectivity index (χ3v) is 5.38. The number of fused-ring (bicyclic) bond motifs is 1. The van der Waals surface area contributed by atoms with Crippen molar-refractivity contribution in [1.82, 2.24) is 9.55 Å². The molecule has 1 aromatic heterocycles. The minimum Gasteiger partial charge on any atom is -0.374 e. The van der Waals surface area contributed by atoms with Gasteiger partial charge in [-0.15, -0.1) is 0 Å². The molecule has 30 heavy (non-hydrogen) atoms. The average molecular weight is 417 g/mol. The van der Waals surface area contributed by atoms with Crippen LogP contribution in [0.15, 0.2) is 53.3 Å². The van der Waals surface area contributed by atoms with Crippen LogP contribution < -0.4 is 10.5 Å². The molecule has 4 nitrogen and oxygen atoms in total. The highest BCUT2D eigenvalue weighted by molar-refractivity contribution is 5.81. The maximum Gasteiger partial charge on any atom is 0.390 e. The van der Waals surface area contributed by atoms with Gasteiger partial charge < -0.3 is 4.90 Å². The van der Waals surface area contributed by atoms with E-state index in [0.29, 0.717) is 28.8 Å². The second-order valence-corrected chi connectivity index (χ2v) is 7.57. The Balaban J connectivity index is 1.98. The molecule has 0 unspecified atom stereocenters. The minimum absolute atomic E-state index is 0.0524. The molecule has 0 N–H and O–H groups in total. The van der Waals surface area contributed by atoms with Gasteiger partial charge in [-0.2, -0.15) is 13.2 Å². The summed E-state index contributed by atoms with van der Waals surface area (Å²) in [5.74, 6) is 0.633. The Morgan fingerprint density at radius 2 is 1.83 bits per heavy atom. The average Bonchev–Trinajstić information content (AvgIpc) is 2.71. The summed E-state index contributed by atoms with van der Waals surface area (Å²) in [6.07, 6.45) is -3.67. The van der Waals surface area contributed by atoms with Crippen molar-refractivity contribution in [2.24, 2.45) is 0 Å². The normalized spacial score (nSPS) is 12.9. The number of rotatable bonds is 7. The van der Waals surface area contributed by atoms with Crippen molar-refractivity contribution in [3.63, 3.8) is 0 Å². The highest BCUT2D eigenvalue weighted by Gasteiger charge is 2.27. The van der Waals surface area contributed by atoms with Crippen LogP contribution in [-0.4, -0.2) is 29.3 Å². The number of hydrogen-bond acceptors (Lipinski definition) is 3. The van der Waals surface area contributed by atoms with Gasteiger partial charge in [0.25, 0.3) is 5.56 Å². The lowest BCUT2D eigenvalue weighted by atomic mass is 10.0. The molecule has 1 heterocycles. The smallest absolute Gasteiger partial charge is 0.374 e. The summed E-state index contributed by atoms with van der Waals surface area (Å²) in [7, 11) is 1.59. The number of aromatic nitrogens is 2. The Morgan fingerprint density at radius 1 is 1.13 bits per heavy atom. The van der Waals surface area contributed by atoms with Crippen LogP contribution in [0.5, 0.6) is 0 Å². The zero-order valence-corrected chi connectivity index (χ0v) is 17.4. The van der Waals surface area contributed by atoms with Gasteiger partial charge in [-0.1, -0.05) is 37.3 Å². The van der Waals surface area contributed by atoms with E-state index in [-0.39, 0.29) is 18.1 Å². The van der Waals surface area contributed by atoms with Crippen LogP contribution in [0.25, 0.3) is 10.9 Å². The Kier molecular flexibility index (Phi) is 6.48. The van der Waals surface area contributed by atoms with Crippen LogP contribution >= 0.6 is 0 Å². The molecule has 1 atom stereocenters. The van der Waals surface area contributed by atoms with E-state index in [9.17, 15) is 18.0 Å². The van der Waals surface area contributed by atoms with Crippen LogP contribution in [0.2, 0.25) is 0 Å². The van der Waals surface area contributed by atoms with Crippen LogP contribution in [0.3, 0.4) is 0 Å². The molecule has 0 bridgehead atoms. The van der Waals surface area contributed by atoms with Crippen LogP contribution in [0.4, 0.5) is 18.9 Å². The van der Waals surface area contributed by atoms with E-state index >= 15 is 0 Å². The van der Waals surface area contributed by atoms with Gasteiger partial charge in [-0.25, -0.2) is 4.98 Å². The molecule has 0 saturated carbocycles. The molecule has 0 fully saturated rings. The number of hydrogen-bond donors (Lipinski definition) is 0. The van der Waals surface area contributed by atoms with E-state index < -0.39 is 12.6 Å². The predicted molar refractivity (Wildman–Crippen MR) is 114 cm³/mol. The molecule has 0 aliphatic rings. The maximum atomic E-state index is 13.4. The number of halogens is 3. The van der Waals surface area contributed by atoms with Crippen molar-refractivity contribution in [3.05, 3.63) is 70.3 Å². The number of anilines is 1. The molecule has 2 aromatic carbocycles. The van der Waals surface area contributed by atoms with E-state index in [1.54, 1.807) is 29.8 Å². The summed E-state index contributed by atoms with van der Waals surface area (Å²) in [5.41, 5.74) is 2.09. The molecule has 7 heteroatoms. The van der Waals surface area contributed by atoms with E-state index in [2.05, 4.69) is 4.98 Å². The Bertz CT molecular complexity index is 1060. The first-order chi connectivity index (χ1) is 14.2. The van der Waals surface area contributed by atoms with Crippen molar-refractivity contribution in [1.29, 1.82) is 0 Å². The van der Waals surface area contributed by atoms with E-state index in [1.807, 2.05) is 44.2 Å². The molecule has 3 aromatic rings. The topological polar surface area (TPSA) is 38.1 Å². The highest BCUT2D eigenvalue weighted by Crippen LogP contribution is 2.24. The fraction of sp³-hybridized carbons (Fsp3) is 0.391. The summed E-state index contributed by atoms with van der Waals surface area (Å²) in [6, 6.07) is 15.0. The standard InChI is InChI=1S/C23H26F3N3O/c1-4-18(14-17-8-6-5-7-9-17)29-16(2)27-21-11-10-19(15-20(21)22(29)30)28(3)13-12-23(24,25)26/h5-11,15,18H,4,12-14H2,1-3H3/t18-/m1/s1. The molecule has 0 radical (unpaired) electrons. The van der Waals surface area contributed by atoms with Crippen molar-refractivity contribution >= 4 is 16.6 Å². The third-order valence-electron chi connectivity index (χ3n) is 5.38. The zero-order chi connectivity index (χ0) is 21.9. The van der Waals surface area contributed by atoms with Gasteiger partial charge in [0.1, 0.15) is 5.82 Å². The second kappa shape index (κ2) is 8.90. The molecule has 0 aliphatic carbocycles. The molecule has 160 valence electrons. The van der Waals surface area contributed by atoms with Gasteiger partial charge >= 0.3 is 6.18 Å². The zero-order valence-electron chi connectivity index (χ0n) is 17.4. The van der Waals surface area contributed by atoms with E-state index in [0.717, 1.165) is 12.0 Å². The summed E-state index contributed by atoms with van der Waals surface area (Å²) in [6.45, 7) is 3.68. The van der Waals surface area contributed by atoms with Gasteiger partial charge in [0.15, 0.2) is 0 Å². The molecule has 3 rings (SSSR count). The third kappa shape index (κ3) is 5.01. The lowest BCUT2D eigenvalue weighted by Crippen LogP contribution is -2.29. The first kappa shape index (κ1) is 21.9. The largest absolute Gasteiger partial charge is 0.390 e. The van der Waals surface area contributed by atoms with Gasteiger partial charge in [0.05, 0.1) is 17.3 Å². The molecule has 0 saturated heterocycles. The Labute approximate surface area is 174 Å². The molecule has 0 spiro atoms. The molecular weight excluding hydrogens is 391 g/mol. The molecule has 0 amide bonds. The maximum absolute atomic E-state index is 13.4. The van der Waals surface area contributed by atoms with E-state index in [4.69, 9.17) is 0 Å². The number of alkyl halides is 3. The second-order valence-electron chi connectivity index (χ2n) is 7.57. The van der Waals surface area contributed by atoms with Crippen molar-refractivity contribution in [2.75, 3.05) is 18.5 Å². The summed E-state index contributed by atoms with van der Waals surface area (Å²) in [5, 5.41) is 0.420. The predicted octanol–water partition coefficient (Wildman–Crippen LogP) is 5.29. The number of benzene rings is 2.